The van der Waals surface area contributed by atoms with Crippen molar-refractivity contribution in [3.63, 3.8) is 0 Å². The highest BCUT2D eigenvalue weighted by atomic mass is 35.5. The Morgan fingerprint density at radius 1 is 1.42 bits per heavy atom. The Kier molecular flexibility index (Phi) is 5.40. The van der Waals surface area contributed by atoms with Crippen molar-refractivity contribution in [3.8, 4) is 0 Å². The quantitative estimate of drug-likeness (QED) is 0.543. The van der Waals surface area contributed by atoms with Gasteiger partial charge in [0.05, 0.1) is 6.61 Å². The summed E-state index contributed by atoms with van der Waals surface area (Å²) < 4.78 is 5.64. The lowest BCUT2D eigenvalue weighted by atomic mass is 10.3. The lowest BCUT2D eigenvalue weighted by molar-refractivity contribution is 0.131. The van der Waals surface area contributed by atoms with Crippen LogP contribution in [0.3, 0.4) is 0 Å². The average molecular weight is 284 g/mol. The van der Waals surface area contributed by atoms with Crippen LogP contribution in [0.1, 0.15) is 32.0 Å². The maximum atomic E-state index is 6.03. The molecule has 0 spiro atoms. The molecule has 0 amide bonds. The molecule has 1 saturated carbocycles. The first-order valence-electron chi connectivity index (χ1n) is 7.01. The number of aryl methyl sites for hydroxylation is 1. The van der Waals surface area contributed by atoms with Gasteiger partial charge in [-0.15, -0.1) is 0 Å². The second-order valence-electron chi connectivity index (χ2n) is 5.15. The predicted molar refractivity (Wildman–Crippen MR) is 77.9 cm³/mol. The van der Waals surface area contributed by atoms with E-state index in [-0.39, 0.29) is 0 Å². The fourth-order valence-electron chi connectivity index (χ4n) is 1.83. The summed E-state index contributed by atoms with van der Waals surface area (Å²) in [4.78, 5) is 10.8. The van der Waals surface area contributed by atoms with Crippen LogP contribution in [-0.2, 0) is 11.2 Å². The van der Waals surface area contributed by atoms with Crippen LogP contribution in [0.25, 0.3) is 0 Å². The van der Waals surface area contributed by atoms with Gasteiger partial charge in [0, 0.05) is 32.7 Å². The normalized spacial score (nSPS) is 14.7. The van der Waals surface area contributed by atoms with E-state index in [4.69, 9.17) is 16.3 Å². The van der Waals surface area contributed by atoms with Gasteiger partial charge in [-0.05, 0) is 25.2 Å². The van der Waals surface area contributed by atoms with Gasteiger partial charge >= 0.3 is 0 Å². The van der Waals surface area contributed by atoms with Gasteiger partial charge < -0.3 is 9.64 Å². The van der Waals surface area contributed by atoms with Crippen molar-refractivity contribution in [2.45, 2.75) is 32.6 Å². The van der Waals surface area contributed by atoms with E-state index in [0.717, 1.165) is 50.2 Å². The van der Waals surface area contributed by atoms with Gasteiger partial charge in [0.2, 0.25) is 0 Å². The minimum absolute atomic E-state index is 0.513. The van der Waals surface area contributed by atoms with Crippen molar-refractivity contribution in [1.29, 1.82) is 0 Å². The van der Waals surface area contributed by atoms with E-state index in [2.05, 4.69) is 21.8 Å². The van der Waals surface area contributed by atoms with E-state index in [1.165, 1.54) is 12.8 Å². The van der Waals surface area contributed by atoms with Crippen molar-refractivity contribution in [3.05, 3.63) is 17.0 Å². The molecule has 5 heteroatoms. The minimum atomic E-state index is 0.513. The molecule has 0 saturated heterocycles. The summed E-state index contributed by atoms with van der Waals surface area (Å²) in [5.41, 5.74) is 0. The summed E-state index contributed by atoms with van der Waals surface area (Å²) in [7, 11) is 2.01. The Morgan fingerprint density at radius 2 is 2.21 bits per heavy atom. The first-order chi connectivity index (χ1) is 9.19. The van der Waals surface area contributed by atoms with Gasteiger partial charge in [0.1, 0.15) is 16.8 Å². The Balaban J connectivity index is 1.83. The highest BCUT2D eigenvalue weighted by Gasteiger charge is 2.21. The topological polar surface area (TPSA) is 38.2 Å². The molecule has 1 aliphatic rings. The van der Waals surface area contributed by atoms with Gasteiger partial charge in [-0.2, -0.15) is 0 Å². The first-order valence-corrected chi connectivity index (χ1v) is 7.39. The van der Waals surface area contributed by atoms with Crippen LogP contribution < -0.4 is 4.90 Å². The lowest BCUT2D eigenvalue weighted by Gasteiger charge is -2.18. The molecular weight excluding hydrogens is 262 g/mol. The molecule has 0 unspecified atom stereocenters. The summed E-state index contributed by atoms with van der Waals surface area (Å²) in [5, 5.41) is 0.513. The molecule has 2 rings (SSSR count). The molecule has 0 aliphatic heterocycles. The summed E-state index contributed by atoms with van der Waals surface area (Å²) in [6.45, 7) is 4.57. The molecule has 0 radical (unpaired) electrons. The summed E-state index contributed by atoms with van der Waals surface area (Å²) in [5.74, 6) is 2.50. The van der Waals surface area contributed by atoms with Crippen LogP contribution in [0, 0.1) is 5.92 Å². The van der Waals surface area contributed by atoms with Crippen LogP contribution >= 0.6 is 11.6 Å². The number of rotatable bonds is 8. The highest BCUT2D eigenvalue weighted by molar-refractivity contribution is 6.29. The van der Waals surface area contributed by atoms with Crippen molar-refractivity contribution in [2.24, 2.45) is 5.92 Å². The third kappa shape index (κ3) is 4.96. The van der Waals surface area contributed by atoms with Gasteiger partial charge in [0.15, 0.2) is 0 Å². The van der Waals surface area contributed by atoms with E-state index in [1.54, 1.807) is 0 Å². The molecule has 1 aromatic rings. The smallest absolute Gasteiger partial charge is 0.134 e. The molecule has 1 fully saturated rings. The van der Waals surface area contributed by atoms with Crippen molar-refractivity contribution in [2.75, 3.05) is 31.7 Å². The molecule has 0 atom stereocenters. The van der Waals surface area contributed by atoms with Gasteiger partial charge in [-0.25, -0.2) is 9.97 Å². The van der Waals surface area contributed by atoms with Crippen LogP contribution in [0.4, 0.5) is 5.82 Å². The number of halogens is 1. The van der Waals surface area contributed by atoms with Crippen LogP contribution in [0.2, 0.25) is 5.15 Å². The maximum Gasteiger partial charge on any atom is 0.134 e. The summed E-state index contributed by atoms with van der Waals surface area (Å²) in [6.07, 6.45) is 4.54. The van der Waals surface area contributed by atoms with Crippen LogP contribution in [-0.4, -0.2) is 36.8 Å². The lowest BCUT2D eigenvalue weighted by Crippen LogP contribution is -2.24. The first kappa shape index (κ1) is 14.5. The summed E-state index contributed by atoms with van der Waals surface area (Å²) >= 11 is 6.03. The molecule has 1 aliphatic carbocycles. The maximum absolute atomic E-state index is 6.03. The van der Waals surface area contributed by atoms with Gasteiger partial charge in [0.25, 0.3) is 0 Å². The van der Waals surface area contributed by atoms with Crippen molar-refractivity contribution >= 4 is 17.4 Å². The molecule has 19 heavy (non-hydrogen) atoms. The zero-order valence-electron chi connectivity index (χ0n) is 11.7. The number of likely N-dealkylation sites (N-methyl/N-ethyl adjacent to an activating group) is 1. The zero-order valence-corrected chi connectivity index (χ0v) is 12.5. The third-order valence-corrected chi connectivity index (χ3v) is 3.41. The molecule has 0 aromatic carbocycles. The average Bonchev–Trinajstić information content (AvgIpc) is 3.18. The second-order valence-corrected chi connectivity index (χ2v) is 5.54. The largest absolute Gasteiger partial charge is 0.379 e. The van der Waals surface area contributed by atoms with Gasteiger partial charge in [-0.1, -0.05) is 18.5 Å². The Labute approximate surface area is 120 Å². The number of ether oxygens (including phenoxy) is 1. The number of hydrogen-bond donors (Lipinski definition) is 0. The van der Waals surface area contributed by atoms with E-state index in [0.29, 0.717) is 5.15 Å². The molecular formula is C14H22ClN3O. The predicted octanol–water partition coefficient (Wildman–Crippen LogP) is 2.95. The van der Waals surface area contributed by atoms with E-state index in [1.807, 2.05) is 13.1 Å². The second kappa shape index (κ2) is 7.06. The van der Waals surface area contributed by atoms with Crippen molar-refractivity contribution in [1.82, 2.24) is 9.97 Å². The monoisotopic (exact) mass is 283 g/mol. The molecule has 4 nitrogen and oxygen atoms in total. The fraction of sp³-hybridized carbons (Fsp3) is 0.714. The number of hydrogen-bond acceptors (Lipinski definition) is 4. The Hall–Kier alpha value is -0.870. The van der Waals surface area contributed by atoms with E-state index < -0.39 is 0 Å². The zero-order chi connectivity index (χ0) is 13.7. The summed E-state index contributed by atoms with van der Waals surface area (Å²) in [6, 6.07) is 1.81. The molecule has 106 valence electrons. The SMILES string of the molecule is CCCc1nc(Cl)cc(N(C)CCOCC2CC2)n1. The van der Waals surface area contributed by atoms with Crippen LogP contribution in [0.15, 0.2) is 6.07 Å². The van der Waals surface area contributed by atoms with E-state index in [9.17, 15) is 0 Å². The standard InChI is InChI=1S/C14H22ClN3O/c1-3-4-13-16-12(15)9-14(17-13)18(2)7-8-19-10-11-5-6-11/h9,11H,3-8,10H2,1-2H3. The molecule has 0 bridgehead atoms. The molecule has 1 aromatic heterocycles. The van der Waals surface area contributed by atoms with Crippen LogP contribution in [0.5, 0.6) is 0 Å². The highest BCUT2D eigenvalue weighted by Crippen LogP contribution is 2.28. The number of nitrogens with zero attached hydrogens (tertiary/aromatic N) is 3. The van der Waals surface area contributed by atoms with E-state index >= 15 is 0 Å². The third-order valence-electron chi connectivity index (χ3n) is 3.21. The number of aromatic nitrogens is 2. The van der Waals surface area contributed by atoms with Crippen molar-refractivity contribution < 1.29 is 4.74 Å². The molecule has 1 heterocycles. The Bertz CT molecular complexity index is 410. The number of anilines is 1. The Morgan fingerprint density at radius 3 is 2.89 bits per heavy atom. The minimum Gasteiger partial charge on any atom is -0.379 e. The molecule has 0 N–H and O–H groups in total. The fourth-order valence-corrected chi connectivity index (χ4v) is 2.03. The van der Waals surface area contributed by atoms with Gasteiger partial charge in [-0.3, -0.25) is 0 Å².